The molecule has 3 rings (SSSR count). The van der Waals surface area contributed by atoms with Crippen molar-refractivity contribution < 1.29 is 0 Å². The van der Waals surface area contributed by atoms with Crippen molar-refractivity contribution in [2.75, 3.05) is 6.54 Å². The van der Waals surface area contributed by atoms with Crippen LogP contribution in [0.5, 0.6) is 0 Å². The van der Waals surface area contributed by atoms with Crippen molar-refractivity contribution in [3.63, 3.8) is 0 Å². The maximum atomic E-state index is 5.65. The predicted octanol–water partition coefficient (Wildman–Crippen LogP) is 0.246. The molecule has 0 bridgehead atoms. The lowest BCUT2D eigenvalue weighted by molar-refractivity contribution is 0.315. The van der Waals surface area contributed by atoms with E-state index in [0.717, 1.165) is 31.4 Å². The number of nitrogens with zero attached hydrogens (tertiary/aromatic N) is 5. The van der Waals surface area contributed by atoms with Crippen molar-refractivity contribution in [2.24, 2.45) is 10.8 Å². The summed E-state index contributed by atoms with van der Waals surface area (Å²) in [5, 5.41) is 8.05. The summed E-state index contributed by atoms with van der Waals surface area (Å²) in [4.78, 5) is 6.94. The van der Waals surface area contributed by atoms with Gasteiger partial charge >= 0.3 is 0 Å². The molecule has 1 aliphatic heterocycles. The zero-order chi connectivity index (χ0) is 13.1. The van der Waals surface area contributed by atoms with Crippen LogP contribution in [0.25, 0.3) is 0 Å². The molecule has 0 unspecified atom stereocenters. The highest BCUT2D eigenvalue weighted by atomic mass is 15.4. The molecule has 1 saturated carbocycles. The van der Waals surface area contributed by atoms with Gasteiger partial charge in [0.05, 0.1) is 12.6 Å². The Bertz CT molecular complexity index is 447. The predicted molar refractivity (Wildman–Crippen MR) is 72.1 cm³/mol. The van der Waals surface area contributed by atoms with Gasteiger partial charge in [-0.05, 0) is 12.8 Å². The SMILES string of the molecule is NNC(=NC1CCCCC1)N1CCn2cnnc2C1. The summed E-state index contributed by atoms with van der Waals surface area (Å²) in [6.07, 6.45) is 8.02. The minimum Gasteiger partial charge on any atom is -0.333 e. The van der Waals surface area contributed by atoms with Gasteiger partial charge in [-0.25, -0.2) is 10.8 Å². The molecule has 0 spiro atoms. The third-order valence-electron chi connectivity index (χ3n) is 3.95. The van der Waals surface area contributed by atoms with Crippen LogP contribution in [-0.4, -0.2) is 38.2 Å². The highest BCUT2D eigenvalue weighted by molar-refractivity contribution is 5.79. The van der Waals surface area contributed by atoms with Crippen molar-refractivity contribution in [3.8, 4) is 0 Å². The molecular weight excluding hydrogens is 242 g/mol. The second-order valence-electron chi connectivity index (χ2n) is 5.25. The number of rotatable bonds is 1. The molecule has 1 aliphatic carbocycles. The van der Waals surface area contributed by atoms with Gasteiger partial charge in [0.15, 0.2) is 5.82 Å². The van der Waals surface area contributed by atoms with Gasteiger partial charge in [-0.3, -0.25) is 5.43 Å². The van der Waals surface area contributed by atoms with Crippen LogP contribution in [-0.2, 0) is 13.1 Å². The van der Waals surface area contributed by atoms with Gasteiger partial charge < -0.3 is 9.47 Å². The fourth-order valence-corrected chi connectivity index (χ4v) is 2.84. The number of fused-ring (bicyclic) bond motifs is 1. The monoisotopic (exact) mass is 263 g/mol. The molecular formula is C12H21N7. The molecule has 2 aliphatic rings. The first-order chi connectivity index (χ1) is 9.36. The molecule has 0 amide bonds. The van der Waals surface area contributed by atoms with Crippen LogP contribution in [0.15, 0.2) is 11.3 Å². The highest BCUT2D eigenvalue weighted by Crippen LogP contribution is 2.21. The van der Waals surface area contributed by atoms with E-state index in [2.05, 4.69) is 25.1 Å². The van der Waals surface area contributed by atoms with Crippen LogP contribution >= 0.6 is 0 Å². The summed E-state index contributed by atoms with van der Waals surface area (Å²) in [7, 11) is 0. The van der Waals surface area contributed by atoms with Crippen molar-refractivity contribution in [1.29, 1.82) is 0 Å². The summed E-state index contributed by atoms with van der Waals surface area (Å²) in [6, 6.07) is 0.416. The van der Waals surface area contributed by atoms with Gasteiger partial charge in [-0.1, -0.05) is 19.3 Å². The molecule has 1 fully saturated rings. The molecule has 0 saturated heterocycles. The molecule has 1 aromatic rings. The number of aliphatic imine (C=N–C) groups is 1. The Kier molecular flexibility index (Phi) is 3.63. The molecule has 0 aromatic carbocycles. The normalized spacial score (nSPS) is 21.3. The lowest BCUT2D eigenvalue weighted by Gasteiger charge is -2.30. The second kappa shape index (κ2) is 5.56. The summed E-state index contributed by atoms with van der Waals surface area (Å²) in [5.74, 6) is 7.41. The lowest BCUT2D eigenvalue weighted by atomic mass is 9.96. The maximum Gasteiger partial charge on any atom is 0.209 e. The zero-order valence-electron chi connectivity index (χ0n) is 11.1. The Labute approximate surface area is 112 Å². The van der Waals surface area contributed by atoms with E-state index in [1.807, 2.05) is 0 Å². The largest absolute Gasteiger partial charge is 0.333 e. The van der Waals surface area contributed by atoms with E-state index in [1.54, 1.807) is 6.33 Å². The Balaban J connectivity index is 1.70. The molecule has 2 heterocycles. The Morgan fingerprint density at radius 3 is 2.95 bits per heavy atom. The van der Waals surface area contributed by atoms with E-state index in [4.69, 9.17) is 10.8 Å². The van der Waals surface area contributed by atoms with Gasteiger partial charge in [-0.2, -0.15) is 0 Å². The molecule has 1 aromatic heterocycles. The first-order valence-corrected chi connectivity index (χ1v) is 7.03. The number of aromatic nitrogens is 3. The summed E-state index contributed by atoms with van der Waals surface area (Å²) in [6.45, 7) is 2.49. The highest BCUT2D eigenvalue weighted by Gasteiger charge is 2.21. The van der Waals surface area contributed by atoms with Crippen LogP contribution in [0.1, 0.15) is 37.9 Å². The molecule has 104 valence electrons. The number of hydrazine groups is 1. The van der Waals surface area contributed by atoms with E-state index >= 15 is 0 Å². The molecule has 7 heteroatoms. The van der Waals surface area contributed by atoms with E-state index in [-0.39, 0.29) is 0 Å². The van der Waals surface area contributed by atoms with Crippen molar-refractivity contribution in [2.45, 2.75) is 51.2 Å². The van der Waals surface area contributed by atoms with Gasteiger partial charge in [0.1, 0.15) is 6.33 Å². The standard InChI is InChI=1S/C12H21N7/c13-16-12(15-10-4-2-1-3-5-10)18-6-7-19-9-14-17-11(19)8-18/h9-10H,1-8,13H2,(H,15,16). The zero-order valence-corrected chi connectivity index (χ0v) is 11.1. The van der Waals surface area contributed by atoms with Gasteiger partial charge in [0.2, 0.25) is 5.96 Å². The first kappa shape index (κ1) is 12.4. The van der Waals surface area contributed by atoms with Gasteiger partial charge in [0, 0.05) is 13.1 Å². The van der Waals surface area contributed by atoms with E-state index in [0.29, 0.717) is 6.04 Å². The molecule has 0 atom stereocenters. The smallest absolute Gasteiger partial charge is 0.209 e. The Morgan fingerprint density at radius 2 is 2.16 bits per heavy atom. The lowest BCUT2D eigenvalue weighted by Crippen LogP contribution is -2.48. The van der Waals surface area contributed by atoms with Crippen LogP contribution < -0.4 is 11.3 Å². The average molecular weight is 263 g/mol. The maximum absolute atomic E-state index is 5.65. The van der Waals surface area contributed by atoms with Crippen LogP contribution in [0, 0.1) is 0 Å². The van der Waals surface area contributed by atoms with Crippen LogP contribution in [0.3, 0.4) is 0 Å². The van der Waals surface area contributed by atoms with Crippen molar-refractivity contribution >= 4 is 5.96 Å². The number of hydrogen-bond acceptors (Lipinski definition) is 4. The molecule has 0 radical (unpaired) electrons. The van der Waals surface area contributed by atoms with Crippen LogP contribution in [0.2, 0.25) is 0 Å². The van der Waals surface area contributed by atoms with Crippen LogP contribution in [0.4, 0.5) is 0 Å². The minimum absolute atomic E-state index is 0.416. The number of nitrogens with two attached hydrogens (primary N) is 1. The third kappa shape index (κ3) is 2.70. The Hall–Kier alpha value is -1.63. The topological polar surface area (TPSA) is 84.4 Å². The van der Waals surface area contributed by atoms with E-state index in [1.165, 1.54) is 32.1 Å². The van der Waals surface area contributed by atoms with Crippen molar-refractivity contribution in [3.05, 3.63) is 12.2 Å². The minimum atomic E-state index is 0.416. The summed E-state index contributed by atoms with van der Waals surface area (Å²) < 4.78 is 2.07. The average Bonchev–Trinajstić information content (AvgIpc) is 2.93. The number of hydrogen-bond donors (Lipinski definition) is 2. The van der Waals surface area contributed by atoms with E-state index in [9.17, 15) is 0 Å². The third-order valence-corrected chi connectivity index (χ3v) is 3.95. The first-order valence-electron chi connectivity index (χ1n) is 7.03. The fourth-order valence-electron chi connectivity index (χ4n) is 2.84. The van der Waals surface area contributed by atoms with Gasteiger partial charge in [-0.15, -0.1) is 10.2 Å². The van der Waals surface area contributed by atoms with E-state index < -0.39 is 0 Å². The molecule has 19 heavy (non-hydrogen) atoms. The fraction of sp³-hybridized carbons (Fsp3) is 0.750. The van der Waals surface area contributed by atoms with Gasteiger partial charge in [0.25, 0.3) is 0 Å². The number of nitrogens with one attached hydrogen (secondary N) is 1. The Morgan fingerprint density at radius 1 is 1.32 bits per heavy atom. The molecule has 7 nitrogen and oxygen atoms in total. The second-order valence-corrected chi connectivity index (χ2v) is 5.25. The summed E-state index contributed by atoms with van der Waals surface area (Å²) in [5.41, 5.74) is 2.76. The van der Waals surface area contributed by atoms with Crippen molar-refractivity contribution in [1.82, 2.24) is 25.1 Å². The summed E-state index contributed by atoms with van der Waals surface area (Å²) >= 11 is 0. The quantitative estimate of drug-likeness (QED) is 0.328. The molecule has 3 N–H and O–H groups in total. The number of guanidine groups is 1.